The first-order chi connectivity index (χ1) is 11.2. The van der Waals surface area contributed by atoms with Gasteiger partial charge in [0.15, 0.2) is 0 Å². The van der Waals surface area contributed by atoms with E-state index in [0.29, 0.717) is 18.9 Å². The maximum absolute atomic E-state index is 12.9. The van der Waals surface area contributed by atoms with Crippen molar-refractivity contribution < 1.29 is 13.9 Å². The number of halogens is 1. The highest BCUT2D eigenvalue weighted by molar-refractivity contribution is 5.40. The Balaban J connectivity index is 2.03. The van der Waals surface area contributed by atoms with E-state index in [9.17, 15) is 4.39 Å². The van der Waals surface area contributed by atoms with E-state index >= 15 is 0 Å². The van der Waals surface area contributed by atoms with Crippen LogP contribution in [0.1, 0.15) is 30.4 Å². The molecule has 1 atom stereocenters. The molecule has 4 heteroatoms. The van der Waals surface area contributed by atoms with Crippen molar-refractivity contribution in [3.8, 4) is 11.5 Å². The maximum atomic E-state index is 12.9. The van der Waals surface area contributed by atoms with Crippen LogP contribution in [-0.2, 0) is 6.42 Å². The monoisotopic (exact) mass is 317 g/mol. The second-order valence-electron chi connectivity index (χ2n) is 5.45. The van der Waals surface area contributed by atoms with Crippen LogP contribution >= 0.6 is 0 Å². The van der Waals surface area contributed by atoms with Crippen LogP contribution in [0.5, 0.6) is 11.5 Å². The molecule has 0 spiro atoms. The number of methoxy groups -OCH3 is 1. The Bertz CT molecular complexity index is 613. The minimum absolute atomic E-state index is 0.164. The van der Waals surface area contributed by atoms with Gasteiger partial charge in [-0.2, -0.15) is 0 Å². The summed E-state index contributed by atoms with van der Waals surface area (Å²) >= 11 is 0. The Morgan fingerprint density at radius 2 is 1.87 bits per heavy atom. The van der Waals surface area contributed by atoms with E-state index in [4.69, 9.17) is 15.2 Å². The van der Waals surface area contributed by atoms with E-state index in [1.165, 1.54) is 17.7 Å². The van der Waals surface area contributed by atoms with E-state index in [-0.39, 0.29) is 11.7 Å². The van der Waals surface area contributed by atoms with Crippen LogP contribution < -0.4 is 15.2 Å². The second kappa shape index (κ2) is 8.53. The minimum atomic E-state index is -0.265. The van der Waals surface area contributed by atoms with Gasteiger partial charge < -0.3 is 15.2 Å². The zero-order valence-electron chi connectivity index (χ0n) is 13.7. The zero-order chi connectivity index (χ0) is 16.7. The van der Waals surface area contributed by atoms with Crippen LogP contribution in [-0.4, -0.2) is 20.3 Å². The number of hydrogen-bond donors (Lipinski definition) is 1. The summed E-state index contributed by atoms with van der Waals surface area (Å²) in [5.41, 5.74) is 8.34. The summed E-state index contributed by atoms with van der Waals surface area (Å²) in [5.74, 6) is 1.42. The number of benzene rings is 2. The first-order valence-electron chi connectivity index (χ1n) is 7.93. The Kier molecular flexibility index (Phi) is 6.41. The summed E-state index contributed by atoms with van der Waals surface area (Å²) in [6, 6.07) is 12.3. The predicted octanol–water partition coefficient (Wildman–Crippen LogP) is 3.91. The maximum Gasteiger partial charge on any atom is 0.123 e. The second-order valence-corrected chi connectivity index (χ2v) is 5.45. The molecule has 0 saturated carbocycles. The number of nitrogens with two attached hydrogens (primary N) is 1. The van der Waals surface area contributed by atoms with Crippen molar-refractivity contribution in [2.75, 3.05) is 20.3 Å². The van der Waals surface area contributed by atoms with E-state index in [0.717, 1.165) is 24.2 Å². The molecule has 2 rings (SSSR count). The van der Waals surface area contributed by atoms with Gasteiger partial charge in [-0.15, -0.1) is 0 Å². The van der Waals surface area contributed by atoms with Crippen LogP contribution in [0.3, 0.4) is 0 Å². The van der Waals surface area contributed by atoms with Gasteiger partial charge in [-0.3, -0.25) is 0 Å². The molecule has 0 radical (unpaired) electrons. The highest BCUT2D eigenvalue weighted by Crippen LogP contribution is 2.30. The molecule has 23 heavy (non-hydrogen) atoms. The molecule has 2 aromatic carbocycles. The van der Waals surface area contributed by atoms with Crippen molar-refractivity contribution >= 4 is 0 Å². The predicted molar refractivity (Wildman–Crippen MR) is 90.7 cm³/mol. The molecule has 0 aliphatic rings. The summed E-state index contributed by atoms with van der Waals surface area (Å²) < 4.78 is 24.0. The molecule has 0 amide bonds. The van der Waals surface area contributed by atoms with Crippen LogP contribution in [0.2, 0.25) is 0 Å². The molecule has 0 aromatic heterocycles. The topological polar surface area (TPSA) is 44.5 Å². The summed E-state index contributed by atoms with van der Waals surface area (Å²) in [6.07, 6.45) is 1.75. The third kappa shape index (κ3) is 4.70. The van der Waals surface area contributed by atoms with Gasteiger partial charge in [0.05, 0.1) is 13.7 Å². The van der Waals surface area contributed by atoms with E-state index in [1.807, 2.05) is 6.07 Å². The molecular formula is C19H24FNO2. The fraction of sp³-hybridized carbons (Fsp3) is 0.368. The first kappa shape index (κ1) is 17.3. The Labute approximate surface area is 137 Å². The number of ether oxygens (including phenoxy) is 2. The summed E-state index contributed by atoms with van der Waals surface area (Å²) in [5, 5.41) is 0. The summed E-state index contributed by atoms with van der Waals surface area (Å²) in [6.45, 7) is 3.17. The summed E-state index contributed by atoms with van der Waals surface area (Å²) in [4.78, 5) is 0. The molecular weight excluding hydrogens is 293 g/mol. The Morgan fingerprint density at radius 1 is 1.13 bits per heavy atom. The lowest BCUT2D eigenvalue weighted by Crippen LogP contribution is -2.16. The summed E-state index contributed by atoms with van der Waals surface area (Å²) in [7, 11) is 1.67. The number of rotatable bonds is 8. The third-order valence-electron chi connectivity index (χ3n) is 3.98. The lowest BCUT2D eigenvalue weighted by atomic mass is 9.93. The molecule has 0 aliphatic carbocycles. The lowest BCUT2D eigenvalue weighted by molar-refractivity contribution is 0.296. The van der Waals surface area contributed by atoms with Gasteiger partial charge in [0.25, 0.3) is 0 Å². The average molecular weight is 317 g/mol. The molecule has 0 heterocycles. The largest absolute Gasteiger partial charge is 0.496 e. The molecule has 2 aromatic rings. The van der Waals surface area contributed by atoms with Gasteiger partial charge in [0, 0.05) is 5.92 Å². The van der Waals surface area contributed by atoms with Crippen molar-refractivity contribution in [2.24, 2.45) is 5.73 Å². The van der Waals surface area contributed by atoms with Crippen LogP contribution in [0.15, 0.2) is 42.5 Å². The number of aryl methyl sites for hydroxylation is 1. The minimum Gasteiger partial charge on any atom is -0.496 e. The van der Waals surface area contributed by atoms with Crippen molar-refractivity contribution in [2.45, 2.75) is 25.7 Å². The zero-order valence-corrected chi connectivity index (χ0v) is 13.7. The van der Waals surface area contributed by atoms with Gasteiger partial charge in [0.2, 0.25) is 0 Å². The fourth-order valence-corrected chi connectivity index (χ4v) is 2.57. The molecule has 0 fully saturated rings. The van der Waals surface area contributed by atoms with Gasteiger partial charge >= 0.3 is 0 Å². The van der Waals surface area contributed by atoms with Crippen molar-refractivity contribution in [3.63, 3.8) is 0 Å². The smallest absolute Gasteiger partial charge is 0.123 e. The molecule has 124 valence electrons. The van der Waals surface area contributed by atoms with Gasteiger partial charge in [-0.1, -0.05) is 19.1 Å². The highest BCUT2D eigenvalue weighted by Gasteiger charge is 2.15. The van der Waals surface area contributed by atoms with Crippen molar-refractivity contribution in [1.29, 1.82) is 0 Å². The van der Waals surface area contributed by atoms with E-state index in [2.05, 4.69) is 19.1 Å². The van der Waals surface area contributed by atoms with Gasteiger partial charge in [-0.25, -0.2) is 4.39 Å². The molecule has 2 N–H and O–H groups in total. The van der Waals surface area contributed by atoms with Crippen molar-refractivity contribution in [1.82, 2.24) is 0 Å². The SMILES string of the molecule is CCc1ccc(OC)c(C(CN)CCOc2ccc(F)cc2)c1. The van der Waals surface area contributed by atoms with E-state index in [1.54, 1.807) is 19.2 Å². The quantitative estimate of drug-likeness (QED) is 0.803. The third-order valence-corrected chi connectivity index (χ3v) is 3.98. The highest BCUT2D eigenvalue weighted by atomic mass is 19.1. The van der Waals surface area contributed by atoms with Crippen LogP contribution in [0.4, 0.5) is 4.39 Å². The number of hydrogen-bond acceptors (Lipinski definition) is 3. The van der Waals surface area contributed by atoms with Gasteiger partial charge in [0.1, 0.15) is 17.3 Å². The molecule has 1 unspecified atom stereocenters. The fourth-order valence-electron chi connectivity index (χ4n) is 2.57. The standard InChI is InChI=1S/C19H24FNO2/c1-3-14-4-9-19(22-2)18(12-14)15(13-21)10-11-23-17-7-5-16(20)6-8-17/h4-9,12,15H,3,10-11,13,21H2,1-2H3. The average Bonchev–Trinajstić information content (AvgIpc) is 2.60. The lowest BCUT2D eigenvalue weighted by Gasteiger charge is -2.19. The van der Waals surface area contributed by atoms with Gasteiger partial charge in [-0.05, 0) is 60.8 Å². The Hall–Kier alpha value is -2.07. The van der Waals surface area contributed by atoms with Crippen LogP contribution in [0, 0.1) is 5.82 Å². The molecule has 0 aliphatic heterocycles. The van der Waals surface area contributed by atoms with Crippen molar-refractivity contribution in [3.05, 3.63) is 59.4 Å². The molecule has 0 bridgehead atoms. The Morgan fingerprint density at radius 3 is 2.48 bits per heavy atom. The normalized spacial score (nSPS) is 12.0. The molecule has 3 nitrogen and oxygen atoms in total. The molecule has 0 saturated heterocycles. The van der Waals surface area contributed by atoms with Crippen LogP contribution in [0.25, 0.3) is 0 Å². The van der Waals surface area contributed by atoms with E-state index < -0.39 is 0 Å². The first-order valence-corrected chi connectivity index (χ1v) is 7.93.